The average Bonchev–Trinajstić information content (AvgIpc) is 2.94. The summed E-state index contributed by atoms with van der Waals surface area (Å²) in [5, 5.41) is 0. The molecule has 2 saturated heterocycles. The van der Waals surface area contributed by atoms with Crippen LogP contribution in [0.2, 0.25) is 0 Å². The van der Waals surface area contributed by atoms with Crippen molar-refractivity contribution in [2.45, 2.75) is 50.7 Å². The van der Waals surface area contributed by atoms with E-state index in [1.807, 2.05) is 6.07 Å². The summed E-state index contributed by atoms with van der Waals surface area (Å²) in [4.78, 5) is 23.0. The van der Waals surface area contributed by atoms with E-state index in [2.05, 4.69) is 0 Å². The Bertz CT molecular complexity index is 555. The van der Waals surface area contributed by atoms with Crippen LogP contribution in [-0.4, -0.2) is 42.6 Å². The number of rotatable bonds is 4. The van der Waals surface area contributed by atoms with Crippen LogP contribution in [0.3, 0.4) is 0 Å². The molecule has 0 saturated carbocycles. The molecule has 1 aromatic carbocycles. The van der Waals surface area contributed by atoms with E-state index in [0.717, 1.165) is 6.29 Å². The van der Waals surface area contributed by atoms with E-state index < -0.39 is 36.4 Å². The Labute approximate surface area is 128 Å². The van der Waals surface area contributed by atoms with Crippen molar-refractivity contribution >= 4 is 12.3 Å². The zero-order valence-corrected chi connectivity index (χ0v) is 12.4. The molecule has 4 atom stereocenters. The standard InChI is InChI=1S/C16H18O6/c1-16(2)21-13-12(11(8-9-17)19-15(13)22-16)20-14(18)10-6-4-3-5-7-10/h3-7,9,11-13,15H,8H2,1-2H3/t11-,12-,13-,15-/m1/s1. The van der Waals surface area contributed by atoms with Crippen molar-refractivity contribution in [2.75, 3.05) is 0 Å². The van der Waals surface area contributed by atoms with Crippen LogP contribution in [0.1, 0.15) is 30.6 Å². The Balaban J connectivity index is 1.76. The van der Waals surface area contributed by atoms with Gasteiger partial charge in [0.15, 0.2) is 24.3 Å². The van der Waals surface area contributed by atoms with Crippen molar-refractivity contribution in [1.29, 1.82) is 0 Å². The van der Waals surface area contributed by atoms with Crippen LogP contribution in [0.5, 0.6) is 0 Å². The van der Waals surface area contributed by atoms with Gasteiger partial charge >= 0.3 is 5.97 Å². The van der Waals surface area contributed by atoms with Gasteiger partial charge in [-0.3, -0.25) is 0 Å². The molecule has 0 bridgehead atoms. The lowest BCUT2D eigenvalue weighted by molar-refractivity contribution is -0.214. The third kappa shape index (κ3) is 2.90. The molecule has 0 unspecified atom stereocenters. The lowest BCUT2D eigenvalue weighted by atomic mass is 10.1. The van der Waals surface area contributed by atoms with E-state index in [-0.39, 0.29) is 6.42 Å². The molecule has 6 nitrogen and oxygen atoms in total. The predicted octanol–water partition coefficient (Wildman–Crippen LogP) is 1.68. The highest BCUT2D eigenvalue weighted by Gasteiger charge is 2.56. The molecule has 0 N–H and O–H groups in total. The first-order valence-corrected chi connectivity index (χ1v) is 7.21. The first kappa shape index (κ1) is 15.1. The summed E-state index contributed by atoms with van der Waals surface area (Å²) in [5.41, 5.74) is 0.439. The highest BCUT2D eigenvalue weighted by molar-refractivity contribution is 5.89. The number of aldehydes is 1. The van der Waals surface area contributed by atoms with Gasteiger partial charge in [-0.05, 0) is 26.0 Å². The molecular weight excluding hydrogens is 288 g/mol. The summed E-state index contributed by atoms with van der Waals surface area (Å²) in [6, 6.07) is 8.66. The Morgan fingerprint density at radius 1 is 1.27 bits per heavy atom. The summed E-state index contributed by atoms with van der Waals surface area (Å²) in [7, 11) is 0. The summed E-state index contributed by atoms with van der Waals surface area (Å²) in [6.45, 7) is 3.53. The van der Waals surface area contributed by atoms with E-state index in [1.165, 1.54) is 0 Å². The van der Waals surface area contributed by atoms with Gasteiger partial charge in [0, 0.05) is 6.42 Å². The monoisotopic (exact) mass is 306 g/mol. The number of carbonyl (C=O) groups is 2. The van der Waals surface area contributed by atoms with Gasteiger partial charge in [-0.2, -0.15) is 0 Å². The van der Waals surface area contributed by atoms with Crippen molar-refractivity contribution in [3.8, 4) is 0 Å². The minimum absolute atomic E-state index is 0.118. The zero-order valence-electron chi connectivity index (χ0n) is 12.4. The zero-order chi connectivity index (χ0) is 15.7. The van der Waals surface area contributed by atoms with Crippen LogP contribution in [-0.2, 0) is 23.7 Å². The van der Waals surface area contributed by atoms with Crippen LogP contribution in [0.25, 0.3) is 0 Å². The minimum atomic E-state index is -0.807. The molecule has 0 aromatic heterocycles. The predicted molar refractivity (Wildman–Crippen MR) is 75.0 cm³/mol. The van der Waals surface area contributed by atoms with E-state index in [0.29, 0.717) is 5.56 Å². The fraction of sp³-hybridized carbons (Fsp3) is 0.500. The number of carbonyl (C=O) groups excluding carboxylic acids is 2. The van der Waals surface area contributed by atoms with Crippen LogP contribution < -0.4 is 0 Å². The van der Waals surface area contributed by atoms with Gasteiger partial charge in [-0.25, -0.2) is 4.79 Å². The normalized spacial score (nSPS) is 32.5. The maximum atomic E-state index is 12.2. The van der Waals surface area contributed by atoms with E-state index in [4.69, 9.17) is 18.9 Å². The highest BCUT2D eigenvalue weighted by atomic mass is 16.8. The lowest BCUT2D eigenvalue weighted by Gasteiger charge is -2.24. The molecule has 22 heavy (non-hydrogen) atoms. The fourth-order valence-electron chi connectivity index (χ4n) is 2.74. The van der Waals surface area contributed by atoms with Crippen LogP contribution >= 0.6 is 0 Å². The molecule has 2 heterocycles. The highest BCUT2D eigenvalue weighted by Crippen LogP contribution is 2.39. The van der Waals surface area contributed by atoms with Gasteiger partial charge in [-0.15, -0.1) is 0 Å². The third-order valence-electron chi connectivity index (χ3n) is 3.67. The molecule has 0 radical (unpaired) electrons. The molecule has 0 aliphatic carbocycles. The van der Waals surface area contributed by atoms with Gasteiger partial charge in [0.2, 0.25) is 0 Å². The smallest absolute Gasteiger partial charge is 0.338 e. The number of esters is 1. The molecule has 0 spiro atoms. The Morgan fingerprint density at radius 3 is 2.68 bits per heavy atom. The minimum Gasteiger partial charge on any atom is -0.453 e. The Morgan fingerprint density at radius 2 is 2.00 bits per heavy atom. The van der Waals surface area contributed by atoms with E-state index in [1.54, 1.807) is 38.1 Å². The number of ether oxygens (including phenoxy) is 4. The Kier molecular flexibility index (Phi) is 3.99. The van der Waals surface area contributed by atoms with Gasteiger partial charge in [-0.1, -0.05) is 18.2 Å². The molecule has 118 valence electrons. The van der Waals surface area contributed by atoms with Crippen molar-refractivity contribution < 1.29 is 28.5 Å². The molecule has 2 fully saturated rings. The number of hydrogen-bond donors (Lipinski definition) is 0. The second-order valence-electron chi connectivity index (χ2n) is 5.78. The van der Waals surface area contributed by atoms with Crippen molar-refractivity contribution in [3.63, 3.8) is 0 Å². The van der Waals surface area contributed by atoms with Gasteiger partial charge in [0.05, 0.1) is 5.56 Å². The molecular formula is C16H18O6. The fourth-order valence-corrected chi connectivity index (χ4v) is 2.74. The summed E-state index contributed by atoms with van der Waals surface area (Å²) >= 11 is 0. The van der Waals surface area contributed by atoms with Crippen LogP contribution in [0, 0.1) is 0 Å². The van der Waals surface area contributed by atoms with Crippen LogP contribution in [0.4, 0.5) is 0 Å². The van der Waals surface area contributed by atoms with Crippen molar-refractivity contribution in [3.05, 3.63) is 35.9 Å². The number of fused-ring (bicyclic) bond motifs is 1. The second-order valence-corrected chi connectivity index (χ2v) is 5.78. The molecule has 0 amide bonds. The Hall–Kier alpha value is -1.76. The lowest BCUT2D eigenvalue weighted by Crippen LogP contribution is -2.38. The van der Waals surface area contributed by atoms with Crippen molar-refractivity contribution in [1.82, 2.24) is 0 Å². The quantitative estimate of drug-likeness (QED) is 0.622. The SMILES string of the molecule is CC1(C)O[C@H]2O[C@H](CC=O)[C@@H](OC(=O)c3ccccc3)[C@H]2O1. The molecule has 2 aliphatic rings. The van der Waals surface area contributed by atoms with Crippen LogP contribution in [0.15, 0.2) is 30.3 Å². The molecule has 1 aromatic rings. The van der Waals surface area contributed by atoms with Gasteiger partial charge in [0.25, 0.3) is 0 Å². The number of hydrogen-bond acceptors (Lipinski definition) is 6. The van der Waals surface area contributed by atoms with E-state index >= 15 is 0 Å². The summed E-state index contributed by atoms with van der Waals surface area (Å²) < 4.78 is 22.6. The van der Waals surface area contributed by atoms with E-state index in [9.17, 15) is 9.59 Å². The first-order valence-electron chi connectivity index (χ1n) is 7.21. The maximum Gasteiger partial charge on any atom is 0.338 e. The van der Waals surface area contributed by atoms with Crippen molar-refractivity contribution in [2.24, 2.45) is 0 Å². The number of benzene rings is 1. The average molecular weight is 306 g/mol. The molecule has 3 rings (SSSR count). The largest absolute Gasteiger partial charge is 0.453 e. The third-order valence-corrected chi connectivity index (χ3v) is 3.67. The van der Waals surface area contributed by atoms with Gasteiger partial charge < -0.3 is 23.7 Å². The second kappa shape index (κ2) is 5.79. The van der Waals surface area contributed by atoms with Gasteiger partial charge in [0.1, 0.15) is 12.4 Å². The first-order chi connectivity index (χ1) is 10.5. The maximum absolute atomic E-state index is 12.2. The summed E-state index contributed by atoms with van der Waals surface area (Å²) in [6.07, 6.45) is -1.55. The molecule has 2 aliphatic heterocycles. The summed E-state index contributed by atoms with van der Waals surface area (Å²) in [5.74, 6) is -1.28. The molecule has 6 heteroatoms. The topological polar surface area (TPSA) is 71.1 Å².